The quantitative estimate of drug-likeness (QED) is 0.713. The molecule has 7 heteroatoms. The van der Waals surface area contributed by atoms with Crippen LogP contribution in [-0.2, 0) is 0 Å². The largest absolute Gasteiger partial charge is 0.493 e. The molecule has 1 aliphatic heterocycles. The Labute approximate surface area is 164 Å². The predicted molar refractivity (Wildman–Crippen MR) is 107 cm³/mol. The number of anilines is 1. The topological polar surface area (TPSA) is 88.7 Å². The van der Waals surface area contributed by atoms with Crippen molar-refractivity contribution in [3.63, 3.8) is 0 Å². The molecule has 1 heterocycles. The maximum Gasteiger partial charge on any atom is 0.255 e. The standard InChI is InChI=1S/C21H25N3O4/c1-27-18-11-16(21(26)23-15-9-6-10-22-13-15)17(12-19(18)28-2)24-20(25)14-7-4-3-5-8-14/h3-5,7-8,11-12,15,22H,6,9-10,13H2,1-2H3,(H,23,26)(H,24,25). The van der Waals surface area contributed by atoms with Crippen LogP contribution in [-0.4, -0.2) is 45.2 Å². The van der Waals surface area contributed by atoms with Crippen LogP contribution in [0.15, 0.2) is 42.5 Å². The fourth-order valence-corrected chi connectivity index (χ4v) is 3.19. The average molecular weight is 383 g/mol. The van der Waals surface area contributed by atoms with Crippen LogP contribution in [0.1, 0.15) is 33.6 Å². The summed E-state index contributed by atoms with van der Waals surface area (Å²) in [6.07, 6.45) is 1.92. The number of nitrogens with one attached hydrogen (secondary N) is 3. The molecule has 148 valence electrons. The summed E-state index contributed by atoms with van der Waals surface area (Å²) in [5.41, 5.74) is 1.19. The molecule has 0 spiro atoms. The lowest BCUT2D eigenvalue weighted by atomic mass is 10.1. The van der Waals surface area contributed by atoms with E-state index in [1.54, 1.807) is 36.4 Å². The molecule has 2 amide bonds. The van der Waals surface area contributed by atoms with Gasteiger partial charge in [-0.25, -0.2) is 0 Å². The van der Waals surface area contributed by atoms with Crippen molar-refractivity contribution in [2.45, 2.75) is 18.9 Å². The molecule has 1 fully saturated rings. The van der Waals surface area contributed by atoms with E-state index < -0.39 is 0 Å². The zero-order valence-corrected chi connectivity index (χ0v) is 16.1. The van der Waals surface area contributed by atoms with Crippen LogP contribution in [0.25, 0.3) is 0 Å². The third-order valence-corrected chi connectivity index (χ3v) is 4.68. The molecule has 1 unspecified atom stereocenters. The van der Waals surface area contributed by atoms with Gasteiger partial charge >= 0.3 is 0 Å². The minimum atomic E-state index is -0.304. The van der Waals surface area contributed by atoms with E-state index in [1.165, 1.54) is 14.2 Å². The molecule has 2 aromatic carbocycles. The van der Waals surface area contributed by atoms with Gasteiger partial charge in [0, 0.05) is 24.2 Å². The molecule has 0 bridgehead atoms. The second-order valence-electron chi connectivity index (χ2n) is 6.59. The summed E-state index contributed by atoms with van der Waals surface area (Å²) < 4.78 is 10.7. The van der Waals surface area contributed by atoms with E-state index in [2.05, 4.69) is 16.0 Å². The van der Waals surface area contributed by atoms with Crippen LogP contribution in [0.3, 0.4) is 0 Å². The van der Waals surface area contributed by atoms with Gasteiger partial charge in [0.1, 0.15) is 0 Å². The Balaban J connectivity index is 1.89. The highest BCUT2D eigenvalue weighted by Crippen LogP contribution is 2.33. The molecule has 0 aliphatic carbocycles. The van der Waals surface area contributed by atoms with Gasteiger partial charge in [0.05, 0.1) is 25.5 Å². The van der Waals surface area contributed by atoms with Crippen molar-refractivity contribution in [3.05, 3.63) is 53.6 Å². The number of rotatable bonds is 6. The van der Waals surface area contributed by atoms with Crippen LogP contribution in [0.4, 0.5) is 5.69 Å². The second-order valence-corrected chi connectivity index (χ2v) is 6.59. The van der Waals surface area contributed by atoms with E-state index in [9.17, 15) is 9.59 Å². The Morgan fingerprint density at radius 3 is 2.39 bits per heavy atom. The van der Waals surface area contributed by atoms with Crippen molar-refractivity contribution in [2.75, 3.05) is 32.6 Å². The molecule has 3 rings (SSSR count). The highest BCUT2D eigenvalue weighted by molar-refractivity contribution is 6.09. The SMILES string of the molecule is COc1cc(NC(=O)c2ccccc2)c(C(=O)NC2CCCNC2)cc1OC. The first-order valence-electron chi connectivity index (χ1n) is 9.26. The molecule has 1 atom stereocenters. The summed E-state index contributed by atoms with van der Waals surface area (Å²) in [4.78, 5) is 25.5. The predicted octanol–water partition coefficient (Wildman–Crippen LogP) is 2.44. The van der Waals surface area contributed by atoms with Crippen molar-refractivity contribution < 1.29 is 19.1 Å². The first-order chi connectivity index (χ1) is 13.6. The van der Waals surface area contributed by atoms with Crippen LogP contribution >= 0.6 is 0 Å². The summed E-state index contributed by atoms with van der Waals surface area (Å²) in [5.74, 6) is 0.285. The number of benzene rings is 2. The summed E-state index contributed by atoms with van der Waals surface area (Å²) in [6, 6.07) is 12.1. The highest BCUT2D eigenvalue weighted by Gasteiger charge is 2.22. The number of amides is 2. The molecule has 28 heavy (non-hydrogen) atoms. The van der Waals surface area contributed by atoms with E-state index >= 15 is 0 Å². The van der Waals surface area contributed by atoms with Crippen molar-refractivity contribution in [1.29, 1.82) is 0 Å². The van der Waals surface area contributed by atoms with Crippen molar-refractivity contribution in [3.8, 4) is 11.5 Å². The van der Waals surface area contributed by atoms with Gasteiger partial charge in [0.15, 0.2) is 11.5 Å². The Kier molecular flexibility index (Phi) is 6.49. The van der Waals surface area contributed by atoms with Crippen LogP contribution in [0, 0.1) is 0 Å². The van der Waals surface area contributed by atoms with Gasteiger partial charge < -0.3 is 25.4 Å². The third kappa shape index (κ3) is 4.61. The van der Waals surface area contributed by atoms with Gasteiger partial charge in [-0.05, 0) is 37.6 Å². The van der Waals surface area contributed by atoms with Gasteiger partial charge in [-0.15, -0.1) is 0 Å². The number of ether oxygens (including phenoxy) is 2. The van der Waals surface area contributed by atoms with E-state index in [-0.39, 0.29) is 17.9 Å². The average Bonchev–Trinajstić information content (AvgIpc) is 2.74. The fourth-order valence-electron chi connectivity index (χ4n) is 3.19. The van der Waals surface area contributed by atoms with Crippen molar-refractivity contribution >= 4 is 17.5 Å². The Hall–Kier alpha value is -3.06. The van der Waals surface area contributed by atoms with Gasteiger partial charge in [-0.3, -0.25) is 9.59 Å². The molecule has 0 saturated carbocycles. The monoisotopic (exact) mass is 383 g/mol. The van der Waals surface area contributed by atoms with Crippen LogP contribution < -0.4 is 25.4 Å². The van der Waals surface area contributed by atoms with Crippen molar-refractivity contribution in [2.24, 2.45) is 0 Å². The summed E-state index contributed by atoms with van der Waals surface area (Å²) in [5, 5.41) is 9.12. The molecule has 1 saturated heterocycles. The van der Waals surface area contributed by atoms with Gasteiger partial charge in [-0.2, -0.15) is 0 Å². The molecular weight excluding hydrogens is 358 g/mol. The van der Waals surface area contributed by atoms with Gasteiger partial charge in [-0.1, -0.05) is 18.2 Å². The van der Waals surface area contributed by atoms with Crippen LogP contribution in [0.5, 0.6) is 11.5 Å². The first kappa shape index (κ1) is 19.7. The molecule has 0 aromatic heterocycles. The molecule has 0 radical (unpaired) electrons. The number of methoxy groups -OCH3 is 2. The number of carbonyl (C=O) groups excluding carboxylic acids is 2. The minimum Gasteiger partial charge on any atom is -0.493 e. The Morgan fingerprint density at radius 1 is 1.04 bits per heavy atom. The molecular formula is C21H25N3O4. The van der Waals surface area contributed by atoms with E-state index in [0.717, 1.165) is 25.9 Å². The zero-order valence-electron chi connectivity index (χ0n) is 16.1. The number of carbonyl (C=O) groups is 2. The second kappa shape index (κ2) is 9.23. The lowest BCUT2D eigenvalue weighted by Gasteiger charge is -2.24. The highest BCUT2D eigenvalue weighted by atomic mass is 16.5. The summed E-state index contributed by atoms with van der Waals surface area (Å²) >= 11 is 0. The smallest absolute Gasteiger partial charge is 0.255 e. The van der Waals surface area contributed by atoms with E-state index in [4.69, 9.17) is 9.47 Å². The normalized spacial score (nSPS) is 16.1. The molecule has 2 aromatic rings. The maximum absolute atomic E-state index is 12.9. The third-order valence-electron chi connectivity index (χ3n) is 4.68. The maximum atomic E-state index is 12.9. The van der Waals surface area contributed by atoms with Gasteiger partial charge in [0.25, 0.3) is 11.8 Å². The fraction of sp³-hybridized carbons (Fsp3) is 0.333. The summed E-state index contributed by atoms with van der Waals surface area (Å²) in [6.45, 7) is 1.69. The minimum absolute atomic E-state index is 0.0482. The lowest BCUT2D eigenvalue weighted by Crippen LogP contribution is -2.45. The number of piperidine rings is 1. The lowest BCUT2D eigenvalue weighted by molar-refractivity contribution is 0.0931. The van der Waals surface area contributed by atoms with Gasteiger partial charge in [0.2, 0.25) is 0 Å². The zero-order chi connectivity index (χ0) is 19.9. The molecule has 7 nitrogen and oxygen atoms in total. The van der Waals surface area contributed by atoms with Crippen LogP contribution in [0.2, 0.25) is 0 Å². The van der Waals surface area contributed by atoms with E-state index in [0.29, 0.717) is 28.3 Å². The molecule has 1 aliphatic rings. The summed E-state index contributed by atoms with van der Waals surface area (Å²) in [7, 11) is 3.01. The van der Waals surface area contributed by atoms with Crippen molar-refractivity contribution in [1.82, 2.24) is 10.6 Å². The first-order valence-corrected chi connectivity index (χ1v) is 9.26. The Bertz CT molecular complexity index is 833. The van der Waals surface area contributed by atoms with E-state index in [1.807, 2.05) is 6.07 Å². The number of hydrogen-bond donors (Lipinski definition) is 3. The number of hydrogen-bond acceptors (Lipinski definition) is 5. The Morgan fingerprint density at radius 2 is 1.75 bits per heavy atom. The molecule has 3 N–H and O–H groups in total.